The molecule has 0 bridgehead atoms. The fraction of sp³-hybridized carbons (Fsp3) is 0.786. The highest BCUT2D eigenvalue weighted by molar-refractivity contribution is 5.85. The van der Waals surface area contributed by atoms with Crippen molar-refractivity contribution in [2.75, 3.05) is 0 Å². The average Bonchev–Trinajstić information content (AvgIpc) is 2.44. The number of alkyl halides is 5. The Balaban J connectivity index is 2.73. The number of rotatable bonds is 5. The first kappa shape index (κ1) is 19.8. The van der Waals surface area contributed by atoms with Crippen LogP contribution in [0.25, 0.3) is 0 Å². The second kappa shape index (κ2) is 6.72. The van der Waals surface area contributed by atoms with Gasteiger partial charge in [0.1, 0.15) is 5.60 Å². The van der Waals surface area contributed by atoms with Gasteiger partial charge in [-0.1, -0.05) is 6.08 Å². The van der Waals surface area contributed by atoms with Gasteiger partial charge >= 0.3 is 18.1 Å². The largest absolute Gasteiger partial charge is 0.478 e. The number of carboxylic acid groups (broad SMARTS) is 1. The Morgan fingerprint density at radius 1 is 1.26 bits per heavy atom. The molecule has 0 saturated heterocycles. The van der Waals surface area contributed by atoms with Crippen molar-refractivity contribution in [3.05, 3.63) is 11.6 Å². The van der Waals surface area contributed by atoms with Crippen LogP contribution in [0.3, 0.4) is 0 Å². The Morgan fingerprint density at radius 2 is 1.74 bits per heavy atom. The molecular weight excluding hydrogens is 327 g/mol. The predicted octanol–water partition coefficient (Wildman–Crippen LogP) is 2.89. The second-order valence-electron chi connectivity index (χ2n) is 5.97. The van der Waals surface area contributed by atoms with E-state index in [4.69, 9.17) is 10.2 Å². The number of aliphatic carboxylic acids is 1. The Morgan fingerprint density at radius 3 is 2.13 bits per heavy atom. The van der Waals surface area contributed by atoms with Crippen molar-refractivity contribution in [3.8, 4) is 0 Å². The molecule has 0 aliphatic heterocycles. The third-order valence-corrected chi connectivity index (χ3v) is 4.30. The monoisotopic (exact) mass is 346 g/mol. The standard InChI is InChI=1S/C14H19F5O4/c1-8(10(20)21)2-3-9-4-6-12(23,7-5-9)13(15,16)11(22)14(17,18)19/h2,9,11,22-23H,3-7H2,1H3,(H,20,21). The van der Waals surface area contributed by atoms with Crippen molar-refractivity contribution >= 4 is 5.97 Å². The van der Waals surface area contributed by atoms with Gasteiger partial charge in [-0.2, -0.15) is 13.2 Å². The first-order valence-electron chi connectivity index (χ1n) is 7.06. The van der Waals surface area contributed by atoms with Gasteiger partial charge in [0.2, 0.25) is 6.10 Å². The summed E-state index contributed by atoms with van der Waals surface area (Å²) in [6.45, 7) is 1.37. The summed E-state index contributed by atoms with van der Waals surface area (Å²) in [5.41, 5.74) is -2.84. The van der Waals surface area contributed by atoms with Gasteiger partial charge in [0.05, 0.1) is 0 Å². The van der Waals surface area contributed by atoms with E-state index in [-0.39, 0.29) is 30.8 Å². The topological polar surface area (TPSA) is 77.8 Å². The number of hydrogen-bond acceptors (Lipinski definition) is 3. The van der Waals surface area contributed by atoms with Crippen molar-refractivity contribution in [2.24, 2.45) is 5.92 Å². The van der Waals surface area contributed by atoms with Crippen LogP contribution >= 0.6 is 0 Å². The zero-order valence-corrected chi connectivity index (χ0v) is 12.4. The SMILES string of the molecule is CC(=CCC1CCC(O)(C(F)(F)C(O)C(F)(F)F)CC1)C(=O)O. The lowest BCUT2D eigenvalue weighted by Gasteiger charge is -2.43. The van der Waals surface area contributed by atoms with Crippen LogP contribution < -0.4 is 0 Å². The van der Waals surface area contributed by atoms with E-state index in [2.05, 4.69) is 0 Å². The smallest absolute Gasteiger partial charge is 0.420 e. The van der Waals surface area contributed by atoms with E-state index >= 15 is 0 Å². The molecule has 3 N–H and O–H groups in total. The third kappa shape index (κ3) is 4.41. The molecule has 0 heterocycles. The molecular formula is C14H19F5O4. The zero-order valence-electron chi connectivity index (χ0n) is 12.4. The van der Waals surface area contributed by atoms with Gasteiger partial charge < -0.3 is 15.3 Å². The Kier molecular flexibility index (Phi) is 5.79. The molecule has 1 rings (SSSR count). The predicted molar refractivity (Wildman–Crippen MR) is 69.9 cm³/mol. The van der Waals surface area contributed by atoms with Gasteiger partial charge in [-0.15, -0.1) is 0 Å². The summed E-state index contributed by atoms with van der Waals surface area (Å²) in [4.78, 5) is 10.6. The Hall–Kier alpha value is -1.22. The van der Waals surface area contributed by atoms with E-state index in [9.17, 15) is 31.9 Å². The van der Waals surface area contributed by atoms with E-state index in [1.165, 1.54) is 13.0 Å². The molecule has 1 aliphatic rings. The van der Waals surface area contributed by atoms with Crippen LogP contribution in [0.4, 0.5) is 22.0 Å². The third-order valence-electron chi connectivity index (χ3n) is 4.30. The minimum Gasteiger partial charge on any atom is -0.478 e. The molecule has 1 fully saturated rings. The van der Waals surface area contributed by atoms with Crippen molar-refractivity contribution in [1.82, 2.24) is 0 Å². The average molecular weight is 346 g/mol. The number of carboxylic acids is 1. The fourth-order valence-corrected chi connectivity index (χ4v) is 2.61. The maximum absolute atomic E-state index is 13.8. The van der Waals surface area contributed by atoms with Crippen LogP contribution in [-0.2, 0) is 4.79 Å². The summed E-state index contributed by atoms with van der Waals surface area (Å²) < 4.78 is 64.6. The van der Waals surface area contributed by atoms with Crippen molar-refractivity contribution in [2.45, 2.75) is 62.8 Å². The number of aliphatic hydroxyl groups excluding tert-OH is 1. The Labute approximate surface area is 129 Å². The Bertz CT molecular complexity index is 464. The molecule has 0 radical (unpaired) electrons. The van der Waals surface area contributed by atoms with E-state index in [0.29, 0.717) is 0 Å². The van der Waals surface area contributed by atoms with E-state index in [1.54, 1.807) is 0 Å². The molecule has 134 valence electrons. The van der Waals surface area contributed by atoms with Crippen LogP contribution in [0.1, 0.15) is 39.0 Å². The van der Waals surface area contributed by atoms with Gasteiger partial charge in [0.25, 0.3) is 0 Å². The van der Waals surface area contributed by atoms with Crippen LogP contribution in [0.2, 0.25) is 0 Å². The van der Waals surface area contributed by atoms with E-state index in [1.807, 2.05) is 0 Å². The van der Waals surface area contributed by atoms with Crippen molar-refractivity contribution in [3.63, 3.8) is 0 Å². The van der Waals surface area contributed by atoms with Gasteiger partial charge in [-0.05, 0) is 44.9 Å². The summed E-state index contributed by atoms with van der Waals surface area (Å²) in [7, 11) is 0. The van der Waals surface area contributed by atoms with Crippen LogP contribution in [0.5, 0.6) is 0 Å². The molecule has 23 heavy (non-hydrogen) atoms. The maximum atomic E-state index is 13.8. The summed E-state index contributed by atoms with van der Waals surface area (Å²) in [5, 5.41) is 27.4. The van der Waals surface area contributed by atoms with Gasteiger partial charge in [0.15, 0.2) is 0 Å². The molecule has 9 heteroatoms. The molecule has 0 spiro atoms. The minimum absolute atomic E-state index is 0.0140. The van der Waals surface area contributed by atoms with E-state index < -0.39 is 42.6 Å². The fourth-order valence-electron chi connectivity index (χ4n) is 2.61. The molecule has 4 nitrogen and oxygen atoms in total. The first-order valence-corrected chi connectivity index (χ1v) is 7.06. The van der Waals surface area contributed by atoms with Gasteiger partial charge in [-0.3, -0.25) is 0 Å². The first-order chi connectivity index (χ1) is 10.3. The molecule has 1 saturated carbocycles. The highest BCUT2D eigenvalue weighted by Gasteiger charge is 2.65. The highest BCUT2D eigenvalue weighted by Crippen LogP contribution is 2.47. The summed E-state index contributed by atoms with van der Waals surface area (Å²) in [5.74, 6) is -6.02. The number of carbonyl (C=O) groups is 1. The normalized spacial score (nSPS) is 28.5. The molecule has 0 aromatic heterocycles. The zero-order chi connectivity index (χ0) is 18.1. The number of allylic oxidation sites excluding steroid dienone is 1. The maximum Gasteiger partial charge on any atom is 0.420 e. The highest BCUT2D eigenvalue weighted by atomic mass is 19.4. The molecule has 0 amide bonds. The van der Waals surface area contributed by atoms with Crippen LogP contribution in [0, 0.1) is 5.92 Å². The summed E-state index contributed by atoms with van der Waals surface area (Å²) in [6, 6.07) is 0. The summed E-state index contributed by atoms with van der Waals surface area (Å²) >= 11 is 0. The molecule has 1 unspecified atom stereocenters. The van der Waals surface area contributed by atoms with Gasteiger partial charge in [0, 0.05) is 5.57 Å². The van der Waals surface area contributed by atoms with Crippen molar-refractivity contribution in [1.29, 1.82) is 0 Å². The molecule has 0 aromatic carbocycles. The molecule has 0 aromatic rings. The molecule has 1 aliphatic carbocycles. The number of halogens is 5. The van der Waals surface area contributed by atoms with Crippen molar-refractivity contribution < 1.29 is 42.1 Å². The number of aliphatic hydroxyl groups is 2. The van der Waals surface area contributed by atoms with Gasteiger partial charge in [-0.25, -0.2) is 13.6 Å². The lowest BCUT2D eigenvalue weighted by atomic mass is 9.73. The quantitative estimate of drug-likeness (QED) is 0.528. The second-order valence-corrected chi connectivity index (χ2v) is 5.97. The summed E-state index contributed by atoms with van der Waals surface area (Å²) in [6.07, 6.45) is -8.93. The van der Waals surface area contributed by atoms with Crippen LogP contribution in [0.15, 0.2) is 11.6 Å². The van der Waals surface area contributed by atoms with E-state index in [0.717, 1.165) is 0 Å². The lowest BCUT2D eigenvalue weighted by molar-refractivity contribution is -0.319. The number of hydrogen-bond donors (Lipinski definition) is 3. The van der Waals surface area contributed by atoms with Crippen LogP contribution in [-0.4, -0.2) is 45.1 Å². The molecule has 1 atom stereocenters. The lowest BCUT2D eigenvalue weighted by Crippen LogP contribution is -2.60. The minimum atomic E-state index is -5.53.